The highest BCUT2D eigenvalue weighted by Crippen LogP contribution is 2.25. The van der Waals surface area contributed by atoms with Gasteiger partial charge in [0.15, 0.2) is 10.6 Å². The summed E-state index contributed by atoms with van der Waals surface area (Å²) in [6.45, 7) is 7.90. The highest BCUT2D eigenvalue weighted by atomic mass is 32.2. The van der Waals surface area contributed by atoms with Gasteiger partial charge in [-0.3, -0.25) is 14.9 Å². The summed E-state index contributed by atoms with van der Waals surface area (Å²) in [4.78, 5) is 24.1. The Morgan fingerprint density at radius 2 is 2.18 bits per heavy atom. The van der Waals surface area contributed by atoms with Crippen molar-refractivity contribution in [2.75, 3.05) is 11.1 Å². The van der Waals surface area contributed by atoms with Crippen molar-refractivity contribution < 1.29 is 9.59 Å². The summed E-state index contributed by atoms with van der Waals surface area (Å²) in [6.07, 6.45) is 0.972. The van der Waals surface area contributed by atoms with Crippen LogP contribution in [0.25, 0.3) is 0 Å². The Kier molecular flexibility index (Phi) is 6.68. The van der Waals surface area contributed by atoms with Crippen molar-refractivity contribution >= 4 is 40.0 Å². The van der Waals surface area contributed by atoms with Crippen molar-refractivity contribution in [2.24, 2.45) is 0 Å². The lowest BCUT2D eigenvalue weighted by Gasteiger charge is -2.30. The van der Waals surface area contributed by atoms with Crippen LogP contribution in [0.4, 0.5) is 5.13 Å². The number of hydrogen-bond donors (Lipinski definition) is 3. The Morgan fingerprint density at radius 3 is 2.89 bits per heavy atom. The van der Waals surface area contributed by atoms with Gasteiger partial charge in [-0.1, -0.05) is 30.0 Å². The van der Waals surface area contributed by atoms with Gasteiger partial charge < -0.3 is 10.6 Å². The number of carbonyl (C=O) groups is 2. The molecule has 0 aliphatic carbocycles. The van der Waals surface area contributed by atoms with E-state index < -0.39 is 0 Å². The maximum Gasteiger partial charge on any atom is 0.226 e. The molecule has 0 radical (unpaired) electrons. The summed E-state index contributed by atoms with van der Waals surface area (Å²) in [5.41, 5.74) is 2.82. The molecule has 2 aromatic heterocycles. The lowest BCUT2D eigenvalue weighted by molar-refractivity contribution is -0.125. The van der Waals surface area contributed by atoms with Crippen molar-refractivity contribution in [3.05, 3.63) is 17.0 Å². The van der Waals surface area contributed by atoms with Gasteiger partial charge in [0.2, 0.25) is 16.9 Å². The highest BCUT2D eigenvalue weighted by molar-refractivity contribution is 8.01. The molecular formula is C17H25N7O2S2. The molecule has 0 spiro atoms. The number of anilines is 1. The summed E-state index contributed by atoms with van der Waals surface area (Å²) >= 11 is 2.98. The van der Waals surface area contributed by atoms with E-state index in [1.165, 1.54) is 11.3 Å². The van der Waals surface area contributed by atoms with Crippen molar-refractivity contribution in [2.45, 2.75) is 63.6 Å². The first-order valence-corrected chi connectivity index (χ1v) is 11.0. The van der Waals surface area contributed by atoms with Gasteiger partial charge in [0.1, 0.15) is 0 Å². The van der Waals surface area contributed by atoms with Crippen LogP contribution in [-0.4, -0.2) is 43.6 Å². The topological polar surface area (TPSA) is 114 Å². The minimum absolute atomic E-state index is 0.00222. The van der Waals surface area contributed by atoms with Crippen LogP contribution >= 0.6 is 23.1 Å². The summed E-state index contributed by atoms with van der Waals surface area (Å²) in [5, 5.41) is 22.2. The number of rotatable bonds is 7. The molecule has 0 saturated carbocycles. The normalized spacial score (nSPS) is 19.5. The van der Waals surface area contributed by atoms with Gasteiger partial charge in [-0.15, -0.1) is 10.2 Å². The van der Waals surface area contributed by atoms with E-state index in [1.807, 2.05) is 27.7 Å². The molecule has 11 heteroatoms. The van der Waals surface area contributed by atoms with E-state index in [9.17, 15) is 9.59 Å². The Hall–Kier alpha value is -1.98. The van der Waals surface area contributed by atoms with E-state index in [1.54, 1.807) is 16.4 Å². The number of hydrogen-bond acceptors (Lipinski definition) is 8. The fourth-order valence-corrected chi connectivity index (χ4v) is 4.83. The number of thioether (sulfide) groups is 1. The second-order valence-corrected chi connectivity index (χ2v) is 9.18. The molecular weight excluding hydrogens is 398 g/mol. The van der Waals surface area contributed by atoms with E-state index in [2.05, 4.69) is 31.2 Å². The van der Waals surface area contributed by atoms with Gasteiger partial charge in [0, 0.05) is 24.6 Å². The fourth-order valence-electron chi connectivity index (χ4n) is 3.16. The molecule has 0 bridgehead atoms. The Labute approximate surface area is 172 Å². The first-order valence-electron chi connectivity index (χ1n) is 9.23. The Balaban J connectivity index is 1.62. The molecule has 2 atom stereocenters. The van der Waals surface area contributed by atoms with Crippen molar-refractivity contribution in [1.82, 2.24) is 30.6 Å². The lowest BCUT2D eigenvalue weighted by Crippen LogP contribution is -2.52. The second-order valence-electron chi connectivity index (χ2n) is 6.69. The van der Waals surface area contributed by atoms with Crippen LogP contribution in [0.2, 0.25) is 0 Å². The largest absolute Gasteiger partial charge is 0.322 e. The maximum atomic E-state index is 12.3. The third kappa shape index (κ3) is 4.89. The summed E-state index contributed by atoms with van der Waals surface area (Å²) in [5.74, 6) is 0.816. The van der Waals surface area contributed by atoms with E-state index >= 15 is 0 Å². The smallest absolute Gasteiger partial charge is 0.226 e. The monoisotopic (exact) mass is 423 g/mol. The van der Waals surface area contributed by atoms with Gasteiger partial charge in [-0.25, -0.2) is 4.68 Å². The lowest BCUT2D eigenvalue weighted by atomic mass is 10.1. The maximum absolute atomic E-state index is 12.3. The number of carbonyl (C=O) groups excluding carboxylic acids is 2. The van der Waals surface area contributed by atoms with Gasteiger partial charge in [0.25, 0.3) is 0 Å². The number of amides is 2. The number of aryl methyl sites for hydroxylation is 1. The average molecular weight is 424 g/mol. The zero-order valence-corrected chi connectivity index (χ0v) is 18.0. The summed E-state index contributed by atoms with van der Waals surface area (Å²) in [6, 6.07) is 0.0829. The molecule has 1 aliphatic rings. The zero-order chi connectivity index (χ0) is 20.3. The standard InChI is InChI=1S/C17H25N7O2S2/c1-5-27-17-22-21-16(28-17)20-13(25)7-6-12-10(3)23-24(11(12)4)15-18-9(2)8-14(26)19-15/h9,15,18H,5-8H2,1-4H3,(H,19,26)(H,20,21,25). The molecule has 1 aliphatic heterocycles. The van der Waals surface area contributed by atoms with Gasteiger partial charge in [-0.2, -0.15) is 5.10 Å². The molecule has 2 unspecified atom stereocenters. The molecule has 152 valence electrons. The molecule has 3 rings (SSSR count). The fraction of sp³-hybridized carbons (Fsp3) is 0.588. The second kappa shape index (κ2) is 9.01. The quantitative estimate of drug-likeness (QED) is 0.461. The predicted molar refractivity (Wildman–Crippen MR) is 109 cm³/mol. The molecule has 3 N–H and O–H groups in total. The van der Waals surface area contributed by atoms with Crippen molar-refractivity contribution in [3.63, 3.8) is 0 Å². The Bertz CT molecular complexity index is 864. The SMILES string of the molecule is CCSc1nnc(NC(=O)CCc2c(C)nn(C3NC(=O)CC(C)N3)c2C)s1. The first kappa shape index (κ1) is 20.7. The molecule has 2 amide bonds. The summed E-state index contributed by atoms with van der Waals surface area (Å²) in [7, 11) is 0. The third-order valence-electron chi connectivity index (χ3n) is 4.47. The van der Waals surface area contributed by atoms with E-state index in [0.717, 1.165) is 27.0 Å². The van der Waals surface area contributed by atoms with Crippen LogP contribution in [-0.2, 0) is 16.0 Å². The average Bonchev–Trinajstić information content (AvgIpc) is 3.17. The van der Waals surface area contributed by atoms with Crippen LogP contribution in [0.15, 0.2) is 4.34 Å². The minimum atomic E-state index is -0.367. The van der Waals surface area contributed by atoms with Crippen molar-refractivity contribution in [3.8, 4) is 0 Å². The minimum Gasteiger partial charge on any atom is -0.322 e. The molecule has 2 aromatic rings. The van der Waals surface area contributed by atoms with E-state index in [0.29, 0.717) is 24.4 Å². The number of nitrogens with zero attached hydrogens (tertiary/aromatic N) is 4. The molecule has 3 heterocycles. The van der Waals surface area contributed by atoms with E-state index in [-0.39, 0.29) is 24.1 Å². The van der Waals surface area contributed by atoms with Gasteiger partial charge in [0.05, 0.1) is 5.69 Å². The molecule has 9 nitrogen and oxygen atoms in total. The van der Waals surface area contributed by atoms with Crippen LogP contribution in [0.1, 0.15) is 49.9 Å². The first-order chi connectivity index (χ1) is 13.4. The van der Waals surface area contributed by atoms with Crippen LogP contribution in [0, 0.1) is 13.8 Å². The summed E-state index contributed by atoms with van der Waals surface area (Å²) < 4.78 is 2.64. The molecule has 28 heavy (non-hydrogen) atoms. The molecule has 1 fully saturated rings. The molecule has 1 saturated heterocycles. The van der Waals surface area contributed by atoms with Crippen LogP contribution in [0.3, 0.4) is 0 Å². The van der Waals surface area contributed by atoms with Gasteiger partial charge in [-0.05, 0) is 38.5 Å². The predicted octanol–water partition coefficient (Wildman–Crippen LogP) is 1.99. The molecule has 0 aromatic carbocycles. The van der Waals surface area contributed by atoms with Gasteiger partial charge >= 0.3 is 0 Å². The van der Waals surface area contributed by atoms with Crippen LogP contribution < -0.4 is 16.0 Å². The van der Waals surface area contributed by atoms with Crippen molar-refractivity contribution in [1.29, 1.82) is 0 Å². The Morgan fingerprint density at radius 1 is 1.39 bits per heavy atom. The third-order valence-corrected chi connectivity index (χ3v) is 6.33. The van der Waals surface area contributed by atoms with Crippen LogP contribution in [0.5, 0.6) is 0 Å². The number of nitrogens with one attached hydrogen (secondary N) is 3. The zero-order valence-electron chi connectivity index (χ0n) is 16.4. The highest BCUT2D eigenvalue weighted by Gasteiger charge is 2.27. The van der Waals surface area contributed by atoms with E-state index in [4.69, 9.17) is 0 Å². The number of aromatic nitrogens is 4.